The molecule has 0 aliphatic carbocycles. The number of benzene rings is 1. The molecule has 3 rings (SSSR count). The average Bonchev–Trinajstić information content (AvgIpc) is 2.91. The summed E-state index contributed by atoms with van der Waals surface area (Å²) in [4.78, 5) is 27.8. The number of halogens is 1. The predicted octanol–water partition coefficient (Wildman–Crippen LogP) is 2.78. The van der Waals surface area contributed by atoms with Crippen LogP contribution in [0.2, 0.25) is 0 Å². The maximum Gasteiger partial charge on any atom is 0.303 e. The number of carboxylic acids is 1. The molecule has 23 heavy (non-hydrogen) atoms. The van der Waals surface area contributed by atoms with Gasteiger partial charge >= 0.3 is 5.97 Å². The normalized spacial score (nSPS) is 11.0. The molecule has 0 unspecified atom stereocenters. The Kier molecular flexibility index (Phi) is 4.04. The van der Waals surface area contributed by atoms with Gasteiger partial charge in [0.2, 0.25) is 0 Å². The number of nitrogens with zero attached hydrogens (tertiary/aromatic N) is 2. The lowest BCUT2D eigenvalue weighted by atomic mass is 10.1. The van der Waals surface area contributed by atoms with Crippen LogP contribution < -0.4 is 5.56 Å². The van der Waals surface area contributed by atoms with E-state index in [0.717, 1.165) is 15.6 Å². The molecule has 0 bridgehead atoms. The van der Waals surface area contributed by atoms with Gasteiger partial charge in [-0.3, -0.25) is 14.7 Å². The van der Waals surface area contributed by atoms with Crippen LogP contribution in [0.15, 0.2) is 39.7 Å². The van der Waals surface area contributed by atoms with E-state index in [1.54, 1.807) is 13.1 Å². The number of aromatic nitrogens is 3. The molecule has 3 aromatic rings. The first-order valence-electron chi connectivity index (χ1n) is 7.04. The second kappa shape index (κ2) is 6.00. The minimum atomic E-state index is -0.934. The summed E-state index contributed by atoms with van der Waals surface area (Å²) >= 11 is 3.39. The van der Waals surface area contributed by atoms with E-state index in [0.29, 0.717) is 16.9 Å². The third-order valence-electron chi connectivity index (χ3n) is 3.71. The summed E-state index contributed by atoms with van der Waals surface area (Å²) in [5.74, 6) is -0.934. The van der Waals surface area contributed by atoms with Gasteiger partial charge in [0, 0.05) is 33.9 Å². The Labute approximate surface area is 139 Å². The third-order valence-corrected chi connectivity index (χ3v) is 4.24. The summed E-state index contributed by atoms with van der Waals surface area (Å²) in [5, 5.41) is 11.7. The number of fused-ring (bicyclic) bond motifs is 1. The maximum absolute atomic E-state index is 12.6. The molecule has 0 spiro atoms. The van der Waals surface area contributed by atoms with E-state index in [4.69, 9.17) is 5.11 Å². The molecule has 1 aromatic carbocycles. The number of nitrogens with one attached hydrogen (secondary N) is 1. The van der Waals surface area contributed by atoms with Crippen molar-refractivity contribution in [2.45, 2.75) is 19.8 Å². The van der Waals surface area contributed by atoms with Crippen LogP contribution in [0.5, 0.6) is 0 Å². The van der Waals surface area contributed by atoms with E-state index in [-0.39, 0.29) is 18.4 Å². The molecule has 2 heterocycles. The van der Waals surface area contributed by atoms with E-state index in [1.807, 2.05) is 24.3 Å². The minimum Gasteiger partial charge on any atom is -0.481 e. The van der Waals surface area contributed by atoms with Gasteiger partial charge in [-0.05, 0) is 31.0 Å². The highest BCUT2D eigenvalue weighted by Gasteiger charge is 2.15. The van der Waals surface area contributed by atoms with E-state index in [1.165, 1.54) is 4.52 Å². The number of hydrogen-bond donors (Lipinski definition) is 2. The molecule has 0 fully saturated rings. The van der Waals surface area contributed by atoms with Crippen molar-refractivity contribution < 1.29 is 9.90 Å². The second-order valence-corrected chi connectivity index (χ2v) is 6.14. The van der Waals surface area contributed by atoms with Crippen LogP contribution in [-0.4, -0.2) is 25.7 Å². The van der Waals surface area contributed by atoms with Crippen molar-refractivity contribution in [3.63, 3.8) is 0 Å². The molecule has 6 nitrogen and oxygen atoms in total. The Hall–Kier alpha value is -2.41. The van der Waals surface area contributed by atoms with E-state index < -0.39 is 5.97 Å². The fourth-order valence-electron chi connectivity index (χ4n) is 2.52. The van der Waals surface area contributed by atoms with Crippen LogP contribution in [-0.2, 0) is 11.2 Å². The first-order valence-corrected chi connectivity index (χ1v) is 7.84. The van der Waals surface area contributed by atoms with Crippen LogP contribution in [0.1, 0.15) is 17.7 Å². The standard InChI is InChI=1S/C16H14BrN3O3/c1-9-12(6-7-14(21)22)16(23)20-15(19-9)13(8-18-20)10-2-4-11(17)5-3-10/h2-5,8,18H,6-7H2,1H3,(H,21,22). The van der Waals surface area contributed by atoms with Gasteiger partial charge in [0.25, 0.3) is 5.56 Å². The van der Waals surface area contributed by atoms with E-state index >= 15 is 0 Å². The first-order chi connectivity index (χ1) is 11.0. The predicted molar refractivity (Wildman–Crippen MR) is 89.6 cm³/mol. The average molecular weight is 376 g/mol. The number of carbonyl (C=O) groups is 1. The molecule has 0 aliphatic rings. The smallest absolute Gasteiger partial charge is 0.303 e. The molecular formula is C16H14BrN3O3. The molecule has 118 valence electrons. The number of aryl methyl sites for hydroxylation is 1. The highest BCUT2D eigenvalue weighted by atomic mass is 79.9. The fourth-order valence-corrected chi connectivity index (χ4v) is 2.78. The quantitative estimate of drug-likeness (QED) is 0.733. The third kappa shape index (κ3) is 2.92. The molecular weight excluding hydrogens is 362 g/mol. The summed E-state index contributed by atoms with van der Waals surface area (Å²) < 4.78 is 2.33. The van der Waals surface area contributed by atoms with Crippen LogP contribution in [0.4, 0.5) is 0 Å². The van der Waals surface area contributed by atoms with Crippen LogP contribution >= 0.6 is 15.9 Å². The molecule has 0 atom stereocenters. The van der Waals surface area contributed by atoms with Crippen molar-refractivity contribution in [3.8, 4) is 11.1 Å². The molecule has 0 radical (unpaired) electrons. The topological polar surface area (TPSA) is 87.5 Å². The fraction of sp³-hybridized carbons (Fsp3) is 0.188. The number of aliphatic carboxylic acids is 1. The van der Waals surface area contributed by atoms with Gasteiger partial charge in [-0.1, -0.05) is 28.1 Å². The lowest BCUT2D eigenvalue weighted by molar-refractivity contribution is -0.136. The highest BCUT2D eigenvalue weighted by Crippen LogP contribution is 2.24. The molecule has 0 saturated heterocycles. The SMILES string of the molecule is Cc1nc2c(-c3ccc(Br)cc3)c[nH]n2c(=O)c1CCC(=O)O. The zero-order valence-electron chi connectivity index (χ0n) is 12.3. The Balaban J connectivity index is 2.13. The van der Waals surface area contributed by atoms with Gasteiger partial charge in [-0.25, -0.2) is 9.50 Å². The van der Waals surface area contributed by atoms with Crippen LogP contribution in [0, 0.1) is 6.92 Å². The summed E-state index contributed by atoms with van der Waals surface area (Å²) in [6, 6.07) is 7.72. The first kappa shape index (κ1) is 15.5. The summed E-state index contributed by atoms with van der Waals surface area (Å²) in [5.41, 5.74) is 3.04. The maximum atomic E-state index is 12.6. The Bertz CT molecular complexity index is 942. The number of carboxylic acid groups (broad SMARTS) is 1. The van der Waals surface area contributed by atoms with Crippen molar-refractivity contribution in [1.82, 2.24) is 14.6 Å². The van der Waals surface area contributed by atoms with Crippen molar-refractivity contribution in [1.29, 1.82) is 0 Å². The molecule has 7 heteroatoms. The lowest BCUT2D eigenvalue weighted by Crippen LogP contribution is -2.22. The van der Waals surface area contributed by atoms with Gasteiger partial charge in [-0.2, -0.15) is 0 Å². The molecule has 2 aromatic heterocycles. The summed E-state index contributed by atoms with van der Waals surface area (Å²) in [7, 11) is 0. The number of H-pyrrole nitrogens is 1. The Morgan fingerprint density at radius 2 is 2.04 bits per heavy atom. The Morgan fingerprint density at radius 3 is 2.70 bits per heavy atom. The van der Waals surface area contributed by atoms with Crippen molar-refractivity contribution in [3.05, 3.63) is 56.5 Å². The lowest BCUT2D eigenvalue weighted by Gasteiger charge is -2.05. The number of aromatic amines is 1. The van der Waals surface area contributed by atoms with E-state index in [9.17, 15) is 9.59 Å². The van der Waals surface area contributed by atoms with Crippen molar-refractivity contribution >= 4 is 27.5 Å². The molecule has 0 amide bonds. The highest BCUT2D eigenvalue weighted by molar-refractivity contribution is 9.10. The Morgan fingerprint density at radius 1 is 1.35 bits per heavy atom. The number of rotatable bonds is 4. The van der Waals surface area contributed by atoms with Gasteiger partial charge in [0.15, 0.2) is 5.65 Å². The zero-order valence-corrected chi connectivity index (χ0v) is 13.9. The van der Waals surface area contributed by atoms with E-state index in [2.05, 4.69) is 26.0 Å². The largest absolute Gasteiger partial charge is 0.481 e. The molecule has 2 N–H and O–H groups in total. The second-order valence-electron chi connectivity index (χ2n) is 5.23. The van der Waals surface area contributed by atoms with Gasteiger partial charge < -0.3 is 5.11 Å². The zero-order chi connectivity index (χ0) is 16.6. The molecule has 0 aliphatic heterocycles. The van der Waals surface area contributed by atoms with Gasteiger partial charge in [0.1, 0.15) is 0 Å². The number of hydrogen-bond acceptors (Lipinski definition) is 3. The monoisotopic (exact) mass is 375 g/mol. The summed E-state index contributed by atoms with van der Waals surface area (Å²) in [6.45, 7) is 1.73. The van der Waals surface area contributed by atoms with Gasteiger partial charge in [-0.15, -0.1) is 0 Å². The van der Waals surface area contributed by atoms with Crippen LogP contribution in [0.3, 0.4) is 0 Å². The van der Waals surface area contributed by atoms with Gasteiger partial charge in [0.05, 0.1) is 0 Å². The molecule has 0 saturated carbocycles. The summed E-state index contributed by atoms with van der Waals surface area (Å²) in [6.07, 6.45) is 1.81. The van der Waals surface area contributed by atoms with Crippen molar-refractivity contribution in [2.75, 3.05) is 0 Å². The minimum absolute atomic E-state index is 0.0932. The van der Waals surface area contributed by atoms with Crippen molar-refractivity contribution in [2.24, 2.45) is 0 Å². The van der Waals surface area contributed by atoms with Crippen LogP contribution in [0.25, 0.3) is 16.8 Å².